The summed E-state index contributed by atoms with van der Waals surface area (Å²) in [7, 11) is 0. The van der Waals surface area contributed by atoms with Crippen LogP contribution in [0.1, 0.15) is 22.3 Å². The Labute approximate surface area is 117 Å². The van der Waals surface area contributed by atoms with Crippen LogP contribution in [0.25, 0.3) is 0 Å². The van der Waals surface area contributed by atoms with Crippen molar-refractivity contribution in [3.05, 3.63) is 70.5 Å². The monoisotopic (exact) mass is 270 g/mol. The van der Waals surface area contributed by atoms with Crippen LogP contribution in [-0.4, -0.2) is 5.11 Å². The minimum atomic E-state index is -0.494. The van der Waals surface area contributed by atoms with Crippen molar-refractivity contribution in [2.45, 2.75) is 19.7 Å². The minimum Gasteiger partial charge on any atom is -0.392 e. The Morgan fingerprint density at radius 1 is 1.05 bits per heavy atom. The molecule has 0 aromatic heterocycles. The zero-order chi connectivity index (χ0) is 14.4. The third kappa shape index (κ3) is 3.64. The van der Waals surface area contributed by atoms with Crippen molar-refractivity contribution in [3.8, 4) is 6.07 Å². The first kappa shape index (κ1) is 14.2. The molecule has 2 rings (SSSR count). The molecule has 2 N–H and O–H groups in total. The topological polar surface area (TPSA) is 56.0 Å². The molecule has 0 aliphatic heterocycles. The molecule has 4 heteroatoms. The summed E-state index contributed by atoms with van der Waals surface area (Å²) >= 11 is 0. The summed E-state index contributed by atoms with van der Waals surface area (Å²) in [5, 5.41) is 21.1. The van der Waals surface area contributed by atoms with Crippen LogP contribution >= 0.6 is 0 Å². The molecule has 0 aliphatic rings. The first-order valence-corrected chi connectivity index (χ1v) is 6.31. The Balaban J connectivity index is 1.94. The predicted molar refractivity (Wildman–Crippen MR) is 74.0 cm³/mol. The molecule has 0 saturated heterocycles. The Bertz CT molecular complexity index is 635. The van der Waals surface area contributed by atoms with E-state index in [1.165, 1.54) is 6.07 Å². The second kappa shape index (κ2) is 6.80. The van der Waals surface area contributed by atoms with Gasteiger partial charge in [0.2, 0.25) is 0 Å². The molecule has 0 radical (unpaired) electrons. The Morgan fingerprint density at radius 3 is 2.45 bits per heavy atom. The van der Waals surface area contributed by atoms with Crippen LogP contribution in [0.5, 0.6) is 0 Å². The van der Waals surface area contributed by atoms with Gasteiger partial charge in [0.1, 0.15) is 11.9 Å². The normalized spacial score (nSPS) is 10.2. The third-order valence-corrected chi connectivity index (χ3v) is 2.98. The van der Waals surface area contributed by atoms with E-state index < -0.39 is 5.82 Å². The van der Waals surface area contributed by atoms with E-state index in [-0.39, 0.29) is 12.2 Å². The standard InChI is InChI=1S/C16H15FN2O/c17-16-5-4-13(7-15(16)8-18)10-19-9-12-2-1-3-14(6-12)11-20/h1-7,19-20H,9-11H2. The molecular weight excluding hydrogens is 255 g/mol. The average molecular weight is 270 g/mol. The van der Waals surface area contributed by atoms with Gasteiger partial charge in [-0.15, -0.1) is 0 Å². The molecule has 2 aromatic rings. The van der Waals surface area contributed by atoms with E-state index in [2.05, 4.69) is 5.32 Å². The molecule has 0 unspecified atom stereocenters. The number of nitrogens with zero attached hydrogens (tertiary/aromatic N) is 1. The van der Waals surface area contributed by atoms with Crippen LogP contribution in [-0.2, 0) is 19.7 Å². The van der Waals surface area contributed by atoms with Crippen molar-refractivity contribution < 1.29 is 9.50 Å². The van der Waals surface area contributed by atoms with Crippen LogP contribution in [0.2, 0.25) is 0 Å². The highest BCUT2D eigenvalue weighted by atomic mass is 19.1. The van der Waals surface area contributed by atoms with Gasteiger partial charge in [0.05, 0.1) is 12.2 Å². The fourth-order valence-corrected chi connectivity index (χ4v) is 1.96. The van der Waals surface area contributed by atoms with Gasteiger partial charge in [0.15, 0.2) is 0 Å². The van der Waals surface area contributed by atoms with E-state index in [1.54, 1.807) is 12.1 Å². The number of hydrogen-bond acceptors (Lipinski definition) is 3. The van der Waals surface area contributed by atoms with E-state index in [0.29, 0.717) is 13.1 Å². The van der Waals surface area contributed by atoms with Gasteiger partial charge in [0.25, 0.3) is 0 Å². The maximum atomic E-state index is 13.2. The molecule has 0 atom stereocenters. The number of aliphatic hydroxyl groups excluding tert-OH is 1. The quantitative estimate of drug-likeness (QED) is 0.877. The van der Waals surface area contributed by atoms with Gasteiger partial charge in [-0.3, -0.25) is 0 Å². The fourth-order valence-electron chi connectivity index (χ4n) is 1.96. The van der Waals surface area contributed by atoms with Crippen LogP contribution in [0.3, 0.4) is 0 Å². The molecule has 0 fully saturated rings. The van der Waals surface area contributed by atoms with E-state index in [1.807, 2.05) is 30.3 Å². The predicted octanol–water partition coefficient (Wildman–Crippen LogP) is 2.48. The van der Waals surface area contributed by atoms with Gasteiger partial charge in [-0.2, -0.15) is 5.26 Å². The highest BCUT2D eigenvalue weighted by Crippen LogP contribution is 2.10. The molecule has 0 spiro atoms. The van der Waals surface area contributed by atoms with Gasteiger partial charge in [0, 0.05) is 13.1 Å². The zero-order valence-corrected chi connectivity index (χ0v) is 10.9. The summed E-state index contributed by atoms with van der Waals surface area (Å²) in [6, 6.07) is 14.0. The second-order valence-electron chi connectivity index (χ2n) is 4.51. The summed E-state index contributed by atoms with van der Waals surface area (Å²) < 4.78 is 13.2. The third-order valence-electron chi connectivity index (χ3n) is 2.98. The lowest BCUT2D eigenvalue weighted by Crippen LogP contribution is -2.13. The molecule has 102 valence electrons. The zero-order valence-electron chi connectivity index (χ0n) is 10.9. The molecule has 20 heavy (non-hydrogen) atoms. The van der Waals surface area contributed by atoms with Gasteiger partial charge < -0.3 is 10.4 Å². The van der Waals surface area contributed by atoms with Crippen molar-refractivity contribution in [1.82, 2.24) is 5.32 Å². The Kier molecular flexibility index (Phi) is 4.83. The number of nitriles is 1. The van der Waals surface area contributed by atoms with Crippen LogP contribution < -0.4 is 5.32 Å². The van der Waals surface area contributed by atoms with E-state index in [9.17, 15) is 4.39 Å². The summed E-state index contributed by atoms with van der Waals surface area (Å²) in [5.74, 6) is -0.494. The number of aliphatic hydroxyl groups is 1. The lowest BCUT2D eigenvalue weighted by molar-refractivity contribution is 0.281. The first-order chi connectivity index (χ1) is 9.72. The number of halogens is 1. The first-order valence-electron chi connectivity index (χ1n) is 6.31. The van der Waals surface area contributed by atoms with Crippen molar-refractivity contribution in [2.24, 2.45) is 0 Å². The number of hydrogen-bond donors (Lipinski definition) is 2. The van der Waals surface area contributed by atoms with E-state index >= 15 is 0 Å². The lowest BCUT2D eigenvalue weighted by Gasteiger charge is -2.07. The smallest absolute Gasteiger partial charge is 0.140 e. The molecule has 0 amide bonds. The molecule has 2 aromatic carbocycles. The van der Waals surface area contributed by atoms with Gasteiger partial charge in [-0.05, 0) is 28.8 Å². The number of benzene rings is 2. The number of rotatable bonds is 5. The van der Waals surface area contributed by atoms with Crippen molar-refractivity contribution in [1.29, 1.82) is 5.26 Å². The summed E-state index contributed by atoms with van der Waals surface area (Å²) in [6.45, 7) is 1.22. The summed E-state index contributed by atoms with van der Waals surface area (Å²) in [5.41, 5.74) is 2.87. The van der Waals surface area contributed by atoms with Crippen molar-refractivity contribution in [2.75, 3.05) is 0 Å². The number of nitrogens with one attached hydrogen (secondary N) is 1. The minimum absolute atomic E-state index is 0.0251. The summed E-state index contributed by atoms with van der Waals surface area (Å²) in [6.07, 6.45) is 0. The largest absolute Gasteiger partial charge is 0.392 e. The second-order valence-corrected chi connectivity index (χ2v) is 4.51. The maximum Gasteiger partial charge on any atom is 0.140 e. The lowest BCUT2D eigenvalue weighted by atomic mass is 10.1. The van der Waals surface area contributed by atoms with E-state index in [0.717, 1.165) is 16.7 Å². The van der Waals surface area contributed by atoms with Crippen LogP contribution in [0, 0.1) is 17.1 Å². The fraction of sp³-hybridized carbons (Fsp3) is 0.188. The molecular formula is C16H15FN2O. The van der Waals surface area contributed by atoms with Crippen LogP contribution in [0.15, 0.2) is 42.5 Å². The van der Waals surface area contributed by atoms with Crippen LogP contribution in [0.4, 0.5) is 4.39 Å². The van der Waals surface area contributed by atoms with Gasteiger partial charge in [-0.1, -0.05) is 30.3 Å². The molecule has 3 nitrogen and oxygen atoms in total. The van der Waals surface area contributed by atoms with Gasteiger partial charge in [-0.25, -0.2) is 4.39 Å². The maximum absolute atomic E-state index is 13.2. The molecule has 0 saturated carbocycles. The Morgan fingerprint density at radius 2 is 1.75 bits per heavy atom. The molecule has 0 aliphatic carbocycles. The summed E-state index contributed by atoms with van der Waals surface area (Å²) in [4.78, 5) is 0. The van der Waals surface area contributed by atoms with Crippen molar-refractivity contribution >= 4 is 0 Å². The molecule has 0 bridgehead atoms. The average Bonchev–Trinajstić information content (AvgIpc) is 2.49. The van der Waals surface area contributed by atoms with Crippen molar-refractivity contribution in [3.63, 3.8) is 0 Å². The van der Waals surface area contributed by atoms with E-state index in [4.69, 9.17) is 10.4 Å². The Hall–Kier alpha value is -2.22. The molecule has 0 heterocycles. The van der Waals surface area contributed by atoms with Gasteiger partial charge >= 0.3 is 0 Å². The highest BCUT2D eigenvalue weighted by molar-refractivity contribution is 5.34. The SMILES string of the molecule is N#Cc1cc(CNCc2cccc(CO)c2)ccc1F. The highest BCUT2D eigenvalue weighted by Gasteiger charge is 2.02.